The van der Waals surface area contributed by atoms with Crippen molar-refractivity contribution in [3.8, 4) is 5.75 Å². The van der Waals surface area contributed by atoms with Gasteiger partial charge in [-0.2, -0.15) is 0 Å². The molecular formula is C35H41N3O5. The number of carbonyl (C=O) groups excluding carboxylic acids is 2. The highest BCUT2D eigenvalue weighted by Crippen LogP contribution is 2.36. The minimum absolute atomic E-state index is 0.0677. The van der Waals surface area contributed by atoms with Crippen LogP contribution in [0.3, 0.4) is 0 Å². The Morgan fingerprint density at radius 1 is 0.930 bits per heavy atom. The summed E-state index contributed by atoms with van der Waals surface area (Å²) in [7, 11) is 3.09. The first-order valence-corrected chi connectivity index (χ1v) is 14.7. The molecule has 0 aliphatic carbocycles. The first-order valence-electron chi connectivity index (χ1n) is 14.7. The SMILES string of the molecule is COC(=O)c1ccc(C2CN(Cc3ccccc3)CCN2Cc2c(OC)cc(C)c3c2ccn3C(=O)OC(C)(C)C)cc1. The number of methoxy groups -OCH3 is 2. The Hall–Kier alpha value is -4.14. The minimum atomic E-state index is -0.604. The molecule has 5 rings (SSSR count). The Labute approximate surface area is 253 Å². The van der Waals surface area contributed by atoms with Gasteiger partial charge in [0.1, 0.15) is 11.4 Å². The summed E-state index contributed by atoms with van der Waals surface area (Å²) in [5, 5.41) is 0.967. The standard InChI is InChI=1S/C35H41N3O5/c1-24-20-31(41-5)29(28-16-17-38(32(24)28)34(40)43-35(2,3)4)22-37-19-18-36(21-25-10-8-7-9-11-25)23-30(37)26-12-14-27(15-13-26)33(39)42-6/h7-17,20,30H,18-19,21-23H2,1-6H3. The number of fused-ring (bicyclic) bond motifs is 1. The van der Waals surface area contributed by atoms with E-state index in [1.807, 2.05) is 70.2 Å². The van der Waals surface area contributed by atoms with Crippen LogP contribution >= 0.6 is 0 Å². The fourth-order valence-electron chi connectivity index (χ4n) is 5.90. The largest absolute Gasteiger partial charge is 0.496 e. The van der Waals surface area contributed by atoms with Crippen molar-refractivity contribution >= 4 is 23.0 Å². The third-order valence-electron chi connectivity index (χ3n) is 7.94. The van der Waals surface area contributed by atoms with Crippen LogP contribution in [0.1, 0.15) is 59.4 Å². The number of ether oxygens (including phenoxy) is 3. The quantitative estimate of drug-likeness (QED) is 0.227. The molecule has 1 saturated heterocycles. The Morgan fingerprint density at radius 2 is 1.65 bits per heavy atom. The summed E-state index contributed by atoms with van der Waals surface area (Å²) >= 11 is 0. The molecule has 8 nitrogen and oxygen atoms in total. The van der Waals surface area contributed by atoms with E-state index in [2.05, 4.69) is 34.1 Å². The van der Waals surface area contributed by atoms with Crippen LogP contribution in [0.25, 0.3) is 10.9 Å². The summed E-state index contributed by atoms with van der Waals surface area (Å²) in [6.07, 6.45) is 1.38. The molecule has 0 amide bonds. The Balaban J connectivity index is 1.50. The van der Waals surface area contributed by atoms with Crippen LogP contribution in [0.5, 0.6) is 5.75 Å². The molecule has 1 aromatic heterocycles. The van der Waals surface area contributed by atoms with E-state index in [0.717, 1.165) is 59.5 Å². The number of aryl methyl sites for hydroxylation is 1. The molecule has 1 aliphatic rings. The molecule has 1 aliphatic heterocycles. The van der Waals surface area contributed by atoms with Gasteiger partial charge >= 0.3 is 12.1 Å². The van der Waals surface area contributed by atoms with E-state index < -0.39 is 11.7 Å². The van der Waals surface area contributed by atoms with Gasteiger partial charge in [-0.3, -0.25) is 14.4 Å². The van der Waals surface area contributed by atoms with Gasteiger partial charge < -0.3 is 14.2 Å². The molecule has 3 aromatic carbocycles. The van der Waals surface area contributed by atoms with E-state index in [1.54, 1.807) is 17.9 Å². The van der Waals surface area contributed by atoms with Gasteiger partial charge in [-0.05, 0) is 68.7 Å². The maximum Gasteiger partial charge on any atom is 0.419 e. The summed E-state index contributed by atoms with van der Waals surface area (Å²) in [6, 6.07) is 22.3. The third-order valence-corrected chi connectivity index (χ3v) is 7.94. The van der Waals surface area contributed by atoms with E-state index in [1.165, 1.54) is 12.7 Å². The first-order chi connectivity index (χ1) is 20.6. The van der Waals surface area contributed by atoms with Gasteiger partial charge in [0, 0.05) is 55.9 Å². The van der Waals surface area contributed by atoms with Crippen molar-refractivity contribution in [3.05, 3.63) is 101 Å². The average Bonchev–Trinajstić information content (AvgIpc) is 3.45. The van der Waals surface area contributed by atoms with Crippen LogP contribution in [0.2, 0.25) is 0 Å². The normalized spacial score (nSPS) is 16.3. The van der Waals surface area contributed by atoms with E-state index in [9.17, 15) is 9.59 Å². The van der Waals surface area contributed by atoms with Crippen LogP contribution in [-0.2, 0) is 22.6 Å². The zero-order valence-corrected chi connectivity index (χ0v) is 25.9. The van der Waals surface area contributed by atoms with Gasteiger partial charge in [-0.1, -0.05) is 42.5 Å². The second-order valence-corrected chi connectivity index (χ2v) is 12.1. The molecule has 43 heavy (non-hydrogen) atoms. The van der Waals surface area contributed by atoms with Crippen molar-refractivity contribution in [1.29, 1.82) is 0 Å². The molecule has 4 aromatic rings. The van der Waals surface area contributed by atoms with Crippen molar-refractivity contribution in [1.82, 2.24) is 14.4 Å². The van der Waals surface area contributed by atoms with Crippen LogP contribution in [-0.4, -0.2) is 65.9 Å². The van der Waals surface area contributed by atoms with Crippen molar-refractivity contribution in [2.75, 3.05) is 33.9 Å². The number of hydrogen-bond acceptors (Lipinski definition) is 7. The van der Waals surface area contributed by atoms with Gasteiger partial charge in [-0.15, -0.1) is 0 Å². The zero-order valence-electron chi connectivity index (χ0n) is 25.9. The zero-order chi connectivity index (χ0) is 30.7. The number of carbonyl (C=O) groups is 2. The molecule has 0 N–H and O–H groups in total. The summed E-state index contributed by atoms with van der Waals surface area (Å²) in [5.74, 6) is 0.442. The predicted octanol–water partition coefficient (Wildman–Crippen LogP) is 6.59. The van der Waals surface area contributed by atoms with Crippen molar-refractivity contribution in [2.24, 2.45) is 0 Å². The third kappa shape index (κ3) is 6.76. The molecule has 0 bridgehead atoms. The summed E-state index contributed by atoms with van der Waals surface area (Å²) < 4.78 is 18.1. The Kier molecular flexibility index (Phi) is 8.89. The fraction of sp³-hybridized carbons (Fsp3) is 0.371. The molecule has 0 radical (unpaired) electrons. The van der Waals surface area contributed by atoms with Crippen LogP contribution in [0.4, 0.5) is 4.79 Å². The van der Waals surface area contributed by atoms with Crippen molar-refractivity contribution < 1.29 is 23.8 Å². The second kappa shape index (κ2) is 12.6. The second-order valence-electron chi connectivity index (χ2n) is 12.1. The molecule has 226 valence electrons. The minimum Gasteiger partial charge on any atom is -0.496 e. The Bertz CT molecular complexity index is 1590. The molecule has 1 fully saturated rings. The Morgan fingerprint density at radius 3 is 2.30 bits per heavy atom. The number of piperazine rings is 1. The van der Waals surface area contributed by atoms with Crippen LogP contribution < -0.4 is 4.74 Å². The number of rotatable bonds is 7. The molecule has 2 heterocycles. The van der Waals surface area contributed by atoms with Crippen LogP contribution in [0.15, 0.2) is 72.9 Å². The average molecular weight is 584 g/mol. The van der Waals surface area contributed by atoms with E-state index in [-0.39, 0.29) is 12.0 Å². The molecular weight excluding hydrogens is 542 g/mol. The summed E-state index contributed by atoms with van der Waals surface area (Å²) in [6.45, 7) is 11.6. The van der Waals surface area contributed by atoms with E-state index in [0.29, 0.717) is 12.1 Å². The molecule has 1 atom stereocenters. The smallest absolute Gasteiger partial charge is 0.419 e. The highest BCUT2D eigenvalue weighted by Gasteiger charge is 2.31. The maximum atomic E-state index is 13.1. The number of aromatic nitrogens is 1. The summed E-state index contributed by atoms with van der Waals surface area (Å²) in [5.41, 5.74) is 5.12. The number of benzene rings is 3. The van der Waals surface area contributed by atoms with Gasteiger partial charge in [-0.25, -0.2) is 9.59 Å². The lowest BCUT2D eigenvalue weighted by Gasteiger charge is -2.42. The lowest BCUT2D eigenvalue weighted by Crippen LogP contribution is -2.47. The number of hydrogen-bond donors (Lipinski definition) is 0. The lowest BCUT2D eigenvalue weighted by molar-refractivity contribution is 0.0542. The highest BCUT2D eigenvalue weighted by atomic mass is 16.6. The number of nitrogens with zero attached hydrogens (tertiary/aromatic N) is 3. The topological polar surface area (TPSA) is 73.2 Å². The van der Waals surface area contributed by atoms with Gasteiger partial charge in [0.25, 0.3) is 0 Å². The van der Waals surface area contributed by atoms with Gasteiger partial charge in [0.05, 0.1) is 25.3 Å². The van der Waals surface area contributed by atoms with Crippen LogP contribution in [0, 0.1) is 6.92 Å². The maximum absolute atomic E-state index is 13.1. The van der Waals surface area contributed by atoms with Crippen molar-refractivity contribution in [2.45, 2.75) is 52.4 Å². The monoisotopic (exact) mass is 583 g/mol. The van der Waals surface area contributed by atoms with Crippen molar-refractivity contribution in [3.63, 3.8) is 0 Å². The van der Waals surface area contributed by atoms with E-state index in [4.69, 9.17) is 14.2 Å². The molecule has 0 spiro atoms. The number of esters is 1. The fourth-order valence-corrected chi connectivity index (χ4v) is 5.90. The van der Waals surface area contributed by atoms with E-state index >= 15 is 0 Å². The first kappa shape index (κ1) is 30.3. The molecule has 0 saturated carbocycles. The predicted molar refractivity (Wildman–Crippen MR) is 168 cm³/mol. The van der Waals surface area contributed by atoms with Gasteiger partial charge in [0.2, 0.25) is 0 Å². The highest BCUT2D eigenvalue weighted by molar-refractivity contribution is 5.95. The molecule has 1 unspecified atom stereocenters. The lowest BCUT2D eigenvalue weighted by atomic mass is 9.98. The molecule has 8 heteroatoms. The summed E-state index contributed by atoms with van der Waals surface area (Å²) in [4.78, 5) is 30.2. The van der Waals surface area contributed by atoms with Gasteiger partial charge in [0.15, 0.2) is 0 Å².